The Hall–Kier alpha value is -3.48. The molecule has 3 aromatic rings. The van der Waals surface area contributed by atoms with Crippen molar-refractivity contribution >= 4 is 40.1 Å². The number of piperidine rings is 1. The summed E-state index contributed by atoms with van der Waals surface area (Å²) >= 11 is 5.89. The molecule has 0 saturated carbocycles. The number of pyridine rings is 1. The molecule has 0 spiro atoms. The minimum Gasteiger partial charge on any atom is -0.476 e. The summed E-state index contributed by atoms with van der Waals surface area (Å²) in [6.45, 7) is 5.22. The lowest BCUT2D eigenvalue weighted by molar-refractivity contribution is -0.133. The zero-order valence-electron chi connectivity index (χ0n) is 18.0. The van der Waals surface area contributed by atoms with Crippen LogP contribution in [0.25, 0.3) is 11.0 Å². The lowest BCUT2D eigenvalue weighted by Crippen LogP contribution is -2.57. The van der Waals surface area contributed by atoms with Gasteiger partial charge in [-0.3, -0.25) is 0 Å². The van der Waals surface area contributed by atoms with Crippen LogP contribution in [0, 0.1) is 18.3 Å². The molecule has 3 aliphatic heterocycles. The highest BCUT2D eigenvalue weighted by Gasteiger charge is 2.39. The van der Waals surface area contributed by atoms with Crippen LogP contribution in [0.4, 0.5) is 11.5 Å². The number of morpholine rings is 1. The number of rotatable bonds is 5. The standard InChI is InChI=1S/C23H21ClN6O3/c1-11-5-15(12(2)26-16-3-4-19(24)28-21(16)23(31)32)20-17(6-11)27-18(8-25)22(29-20)30-9-13-7-14(10-30)33-13/h3-6,12-14,26H,7,9-10H2,1-2H3,(H,31,32)/t12-,13?,14?/m1/s1. The predicted octanol–water partition coefficient (Wildman–Crippen LogP) is 3.71. The highest BCUT2D eigenvalue weighted by molar-refractivity contribution is 6.29. The van der Waals surface area contributed by atoms with Crippen molar-refractivity contribution in [3.05, 3.63) is 51.9 Å². The SMILES string of the molecule is Cc1cc([C@@H](C)Nc2ccc(Cl)nc2C(=O)O)c2nc(N3CC4CC(C3)O4)c(C#N)nc2c1. The van der Waals surface area contributed by atoms with Crippen LogP contribution in [0.5, 0.6) is 0 Å². The fraction of sp³-hybridized carbons (Fsp3) is 0.348. The second kappa shape index (κ2) is 8.14. The van der Waals surface area contributed by atoms with E-state index in [4.69, 9.17) is 21.3 Å². The molecule has 1 aromatic carbocycles. The van der Waals surface area contributed by atoms with Gasteiger partial charge in [-0.2, -0.15) is 5.26 Å². The van der Waals surface area contributed by atoms with Gasteiger partial charge in [-0.05, 0) is 37.6 Å². The third-order valence-corrected chi connectivity index (χ3v) is 6.20. The average molecular weight is 465 g/mol. The van der Waals surface area contributed by atoms with Crippen molar-refractivity contribution in [2.24, 2.45) is 0 Å². The van der Waals surface area contributed by atoms with Crippen molar-refractivity contribution in [1.29, 1.82) is 5.26 Å². The number of fused-ring (bicyclic) bond motifs is 3. The van der Waals surface area contributed by atoms with Crippen LogP contribution >= 0.6 is 11.6 Å². The Morgan fingerprint density at radius 1 is 1.30 bits per heavy atom. The van der Waals surface area contributed by atoms with E-state index in [-0.39, 0.29) is 34.8 Å². The molecule has 9 nitrogen and oxygen atoms in total. The molecule has 3 aliphatic rings. The van der Waals surface area contributed by atoms with E-state index < -0.39 is 5.97 Å². The monoisotopic (exact) mass is 464 g/mol. The van der Waals surface area contributed by atoms with Gasteiger partial charge >= 0.3 is 5.97 Å². The van der Waals surface area contributed by atoms with E-state index in [2.05, 4.69) is 26.3 Å². The first-order valence-corrected chi connectivity index (χ1v) is 11.0. The number of aryl methyl sites for hydroxylation is 1. The molecule has 0 radical (unpaired) electrons. The molecule has 3 fully saturated rings. The van der Waals surface area contributed by atoms with E-state index in [1.807, 2.05) is 26.0 Å². The number of hydrogen-bond acceptors (Lipinski definition) is 8. The molecule has 33 heavy (non-hydrogen) atoms. The molecule has 2 N–H and O–H groups in total. The smallest absolute Gasteiger partial charge is 0.356 e. The Kier molecular flexibility index (Phi) is 5.27. The topological polar surface area (TPSA) is 124 Å². The summed E-state index contributed by atoms with van der Waals surface area (Å²) in [5, 5.41) is 22.6. The van der Waals surface area contributed by atoms with E-state index in [0.29, 0.717) is 35.6 Å². The van der Waals surface area contributed by atoms with Crippen molar-refractivity contribution in [2.75, 3.05) is 23.3 Å². The number of carboxylic acid groups (broad SMARTS) is 1. The molecule has 5 heterocycles. The molecule has 3 saturated heterocycles. The highest BCUT2D eigenvalue weighted by Crippen LogP contribution is 2.34. The fourth-order valence-electron chi connectivity index (χ4n) is 4.50. The van der Waals surface area contributed by atoms with Crippen LogP contribution in [-0.4, -0.2) is 51.3 Å². The number of benzene rings is 1. The molecule has 3 atom stereocenters. The van der Waals surface area contributed by atoms with Gasteiger partial charge in [-0.15, -0.1) is 0 Å². The number of halogens is 1. The minimum atomic E-state index is -1.17. The van der Waals surface area contributed by atoms with Crippen LogP contribution in [-0.2, 0) is 4.74 Å². The number of nitrogens with zero attached hydrogens (tertiary/aromatic N) is 5. The summed E-state index contributed by atoms with van der Waals surface area (Å²) in [6.07, 6.45) is 1.36. The Labute approximate surface area is 195 Å². The lowest BCUT2D eigenvalue weighted by atomic mass is 9.98. The molecular weight excluding hydrogens is 444 g/mol. The Balaban J connectivity index is 1.57. The molecule has 2 bridgehead atoms. The van der Waals surface area contributed by atoms with Gasteiger partial charge in [0.2, 0.25) is 0 Å². The zero-order chi connectivity index (χ0) is 23.3. The van der Waals surface area contributed by atoms with Crippen LogP contribution in [0.15, 0.2) is 24.3 Å². The first-order chi connectivity index (χ1) is 15.8. The van der Waals surface area contributed by atoms with Crippen molar-refractivity contribution < 1.29 is 14.6 Å². The summed E-state index contributed by atoms with van der Waals surface area (Å²) in [4.78, 5) is 27.2. The maximum absolute atomic E-state index is 11.6. The van der Waals surface area contributed by atoms with Gasteiger partial charge < -0.3 is 20.1 Å². The summed E-state index contributed by atoms with van der Waals surface area (Å²) in [7, 11) is 0. The van der Waals surface area contributed by atoms with Gasteiger partial charge in [0.25, 0.3) is 0 Å². The van der Waals surface area contributed by atoms with Gasteiger partial charge in [0.15, 0.2) is 17.2 Å². The van der Waals surface area contributed by atoms with Crippen molar-refractivity contribution in [3.63, 3.8) is 0 Å². The number of nitrogens with one attached hydrogen (secondary N) is 1. The normalized spacial score (nSPS) is 20.1. The summed E-state index contributed by atoms with van der Waals surface area (Å²) in [6, 6.07) is 8.89. The number of carbonyl (C=O) groups is 1. The van der Waals surface area contributed by atoms with E-state index in [1.165, 1.54) is 6.07 Å². The summed E-state index contributed by atoms with van der Waals surface area (Å²) in [5.74, 6) is -0.618. The second-order valence-electron chi connectivity index (χ2n) is 8.45. The van der Waals surface area contributed by atoms with Gasteiger partial charge in [0, 0.05) is 25.1 Å². The molecule has 168 valence electrons. The Morgan fingerprint density at radius 3 is 2.70 bits per heavy atom. The second-order valence-corrected chi connectivity index (χ2v) is 8.84. The molecule has 6 rings (SSSR count). The van der Waals surface area contributed by atoms with Crippen LogP contribution in [0.1, 0.15) is 46.7 Å². The predicted molar refractivity (Wildman–Crippen MR) is 123 cm³/mol. The molecule has 2 unspecified atom stereocenters. The molecular formula is C23H21ClN6O3. The van der Waals surface area contributed by atoms with E-state index in [0.717, 1.165) is 17.5 Å². The largest absolute Gasteiger partial charge is 0.476 e. The van der Waals surface area contributed by atoms with E-state index in [1.54, 1.807) is 6.07 Å². The van der Waals surface area contributed by atoms with Crippen LogP contribution in [0.2, 0.25) is 5.15 Å². The fourth-order valence-corrected chi connectivity index (χ4v) is 4.65. The summed E-state index contributed by atoms with van der Waals surface area (Å²) < 4.78 is 5.72. The number of aromatic nitrogens is 3. The van der Waals surface area contributed by atoms with Crippen molar-refractivity contribution in [1.82, 2.24) is 15.0 Å². The summed E-state index contributed by atoms with van der Waals surface area (Å²) in [5.41, 5.74) is 3.56. The maximum Gasteiger partial charge on any atom is 0.356 e. The number of ether oxygens (including phenoxy) is 1. The van der Waals surface area contributed by atoms with Crippen molar-refractivity contribution in [3.8, 4) is 6.07 Å². The zero-order valence-corrected chi connectivity index (χ0v) is 18.8. The molecule has 0 amide bonds. The third-order valence-electron chi connectivity index (χ3n) is 5.99. The molecule has 10 heteroatoms. The molecule has 0 aliphatic carbocycles. The van der Waals surface area contributed by atoms with Crippen LogP contribution in [0.3, 0.4) is 0 Å². The number of anilines is 2. The average Bonchev–Trinajstić information content (AvgIpc) is 2.78. The minimum absolute atomic E-state index is 0.106. The van der Waals surface area contributed by atoms with Gasteiger partial charge in [-0.25, -0.2) is 19.7 Å². The molecule has 2 aromatic heterocycles. The Bertz CT molecular complexity index is 1310. The van der Waals surface area contributed by atoms with Gasteiger partial charge in [0.05, 0.1) is 35.0 Å². The first kappa shape index (κ1) is 21.4. The van der Waals surface area contributed by atoms with E-state index in [9.17, 15) is 15.2 Å². The van der Waals surface area contributed by atoms with E-state index >= 15 is 0 Å². The van der Waals surface area contributed by atoms with Gasteiger partial charge in [-0.1, -0.05) is 17.7 Å². The number of hydrogen-bond donors (Lipinski definition) is 2. The third kappa shape index (κ3) is 3.92. The number of nitriles is 1. The quantitative estimate of drug-likeness (QED) is 0.543. The first-order valence-electron chi connectivity index (χ1n) is 10.6. The number of aromatic carboxylic acids is 1. The highest BCUT2D eigenvalue weighted by atomic mass is 35.5. The van der Waals surface area contributed by atoms with Crippen LogP contribution < -0.4 is 10.2 Å². The Morgan fingerprint density at radius 2 is 2.03 bits per heavy atom. The van der Waals surface area contributed by atoms with Gasteiger partial charge in [0.1, 0.15) is 11.2 Å². The number of carboxylic acids is 1. The lowest BCUT2D eigenvalue weighted by Gasteiger charge is -2.47. The van der Waals surface area contributed by atoms with Crippen molar-refractivity contribution in [2.45, 2.75) is 38.5 Å². The maximum atomic E-state index is 11.6.